The minimum absolute atomic E-state index is 0.198. The lowest BCUT2D eigenvalue weighted by atomic mass is 10.2. The third-order valence-corrected chi connectivity index (χ3v) is 2.23. The number of carbonyl (C=O) groups is 4. The number of amides is 6. The van der Waals surface area contributed by atoms with Gasteiger partial charge in [-0.2, -0.15) is 0 Å². The van der Waals surface area contributed by atoms with Gasteiger partial charge in [-0.25, -0.2) is 29.8 Å². The molecule has 118 valence electrons. The molecule has 0 aliphatic heterocycles. The summed E-state index contributed by atoms with van der Waals surface area (Å²) in [6, 6.07) is 4.44. The molecule has 0 fully saturated rings. The maximum atomic E-state index is 11.5. The van der Waals surface area contributed by atoms with Crippen LogP contribution in [0.25, 0.3) is 0 Å². The Hall–Kier alpha value is -3.30. The van der Waals surface area contributed by atoms with Gasteiger partial charge >= 0.3 is 24.2 Å². The second-order valence-electron chi connectivity index (χ2n) is 3.69. The summed E-state index contributed by atoms with van der Waals surface area (Å²) in [5.41, 5.74) is 0.396. The highest BCUT2D eigenvalue weighted by Gasteiger charge is 2.12. The van der Waals surface area contributed by atoms with Gasteiger partial charge in [0.1, 0.15) is 0 Å². The van der Waals surface area contributed by atoms with Crippen LogP contribution in [0.5, 0.6) is 0 Å². The van der Waals surface area contributed by atoms with E-state index >= 15 is 0 Å². The summed E-state index contributed by atoms with van der Waals surface area (Å²) in [5.74, 6) is 0. The fourth-order valence-corrected chi connectivity index (χ4v) is 1.30. The van der Waals surface area contributed by atoms with Crippen molar-refractivity contribution in [2.24, 2.45) is 0 Å². The van der Waals surface area contributed by atoms with Crippen molar-refractivity contribution in [3.05, 3.63) is 24.3 Å². The molecule has 0 radical (unpaired) electrons. The molecule has 0 heterocycles. The smallest absolute Gasteiger partial charge is 0.415 e. The van der Waals surface area contributed by atoms with Gasteiger partial charge in [0.2, 0.25) is 0 Å². The first-order valence-electron chi connectivity index (χ1n) is 5.87. The molecule has 10 nitrogen and oxygen atoms in total. The molecule has 0 saturated heterocycles. The molecule has 0 saturated carbocycles. The molecular formula is C12H14N4O6. The van der Waals surface area contributed by atoms with Crippen LogP contribution in [0, 0.1) is 0 Å². The van der Waals surface area contributed by atoms with E-state index in [1.165, 1.54) is 12.1 Å². The van der Waals surface area contributed by atoms with Crippen LogP contribution in [0.2, 0.25) is 0 Å². The number of nitrogens with one attached hydrogen (secondary N) is 4. The number of alkyl carbamates (subject to hydrolysis) is 2. The molecule has 0 unspecified atom stereocenters. The van der Waals surface area contributed by atoms with Crippen molar-refractivity contribution in [1.29, 1.82) is 0 Å². The van der Waals surface area contributed by atoms with Crippen molar-refractivity contribution >= 4 is 35.6 Å². The van der Waals surface area contributed by atoms with Gasteiger partial charge in [-0.05, 0) is 12.1 Å². The maximum Gasteiger partial charge on any atom is 0.415 e. The topological polar surface area (TPSA) is 135 Å². The second kappa shape index (κ2) is 8.09. The average molecular weight is 310 g/mol. The van der Waals surface area contributed by atoms with E-state index in [0.717, 1.165) is 14.2 Å². The second-order valence-corrected chi connectivity index (χ2v) is 3.69. The first-order chi connectivity index (χ1) is 10.5. The van der Waals surface area contributed by atoms with Crippen LogP contribution in [0.3, 0.4) is 0 Å². The molecule has 1 aromatic carbocycles. The van der Waals surface area contributed by atoms with Crippen LogP contribution in [-0.2, 0) is 9.47 Å². The summed E-state index contributed by atoms with van der Waals surface area (Å²) in [6.45, 7) is 0. The van der Waals surface area contributed by atoms with Crippen LogP contribution >= 0.6 is 0 Å². The number of urea groups is 2. The van der Waals surface area contributed by atoms with Gasteiger partial charge < -0.3 is 20.1 Å². The van der Waals surface area contributed by atoms with Crippen LogP contribution in [0.1, 0.15) is 0 Å². The SMILES string of the molecule is COC(=O)NC(=O)Nc1ccccc1NC(=O)NC(=O)OC. The zero-order valence-corrected chi connectivity index (χ0v) is 11.8. The number of hydrogen-bond donors (Lipinski definition) is 4. The van der Waals surface area contributed by atoms with E-state index in [0.29, 0.717) is 0 Å². The number of benzene rings is 1. The minimum Gasteiger partial charge on any atom is -0.453 e. The Morgan fingerprint density at radius 2 is 1.14 bits per heavy atom. The quantitative estimate of drug-likeness (QED) is 0.653. The first kappa shape index (κ1) is 16.8. The summed E-state index contributed by atoms with van der Waals surface area (Å²) in [6.07, 6.45) is -1.88. The van der Waals surface area contributed by atoms with Gasteiger partial charge in [-0.1, -0.05) is 12.1 Å². The van der Waals surface area contributed by atoms with E-state index in [2.05, 4.69) is 20.1 Å². The van der Waals surface area contributed by atoms with Gasteiger partial charge in [-0.3, -0.25) is 0 Å². The molecule has 0 bridgehead atoms. The predicted octanol–water partition coefficient (Wildman–Crippen LogP) is 1.46. The Balaban J connectivity index is 2.73. The predicted molar refractivity (Wildman–Crippen MR) is 75.6 cm³/mol. The summed E-state index contributed by atoms with van der Waals surface area (Å²) in [4.78, 5) is 44.8. The van der Waals surface area contributed by atoms with Crippen LogP contribution in [0.4, 0.5) is 30.6 Å². The highest BCUT2D eigenvalue weighted by atomic mass is 16.5. The molecular weight excluding hydrogens is 296 g/mol. The summed E-state index contributed by atoms with van der Waals surface area (Å²) >= 11 is 0. The third kappa shape index (κ3) is 5.36. The average Bonchev–Trinajstić information content (AvgIpc) is 2.48. The summed E-state index contributed by atoms with van der Waals surface area (Å²) in [7, 11) is 2.21. The number of imide groups is 2. The van der Waals surface area contributed by atoms with E-state index < -0.39 is 24.2 Å². The largest absolute Gasteiger partial charge is 0.453 e. The fraction of sp³-hybridized carbons (Fsp3) is 0.167. The van der Waals surface area contributed by atoms with Crippen molar-refractivity contribution in [3.8, 4) is 0 Å². The molecule has 1 aromatic rings. The molecule has 0 aliphatic carbocycles. The molecule has 4 N–H and O–H groups in total. The number of anilines is 2. The highest BCUT2D eigenvalue weighted by Crippen LogP contribution is 2.20. The number of ether oxygens (including phenoxy) is 2. The van der Waals surface area contributed by atoms with Crippen molar-refractivity contribution in [2.45, 2.75) is 0 Å². The van der Waals surface area contributed by atoms with Gasteiger partial charge in [0.05, 0.1) is 25.6 Å². The molecule has 10 heteroatoms. The zero-order valence-electron chi connectivity index (χ0n) is 11.8. The lowest BCUT2D eigenvalue weighted by molar-refractivity contribution is 0.170. The number of carbonyl (C=O) groups excluding carboxylic acids is 4. The zero-order chi connectivity index (χ0) is 16.5. The molecule has 1 rings (SSSR count). The van der Waals surface area contributed by atoms with Crippen LogP contribution < -0.4 is 21.3 Å². The first-order valence-corrected chi connectivity index (χ1v) is 5.87. The molecule has 0 atom stereocenters. The Labute approximate surface area is 125 Å². The van der Waals surface area contributed by atoms with E-state index in [9.17, 15) is 19.2 Å². The number of rotatable bonds is 2. The molecule has 6 amide bonds. The van der Waals surface area contributed by atoms with Gasteiger partial charge in [-0.15, -0.1) is 0 Å². The number of methoxy groups -OCH3 is 2. The van der Waals surface area contributed by atoms with Crippen LogP contribution in [0.15, 0.2) is 24.3 Å². The molecule has 0 aromatic heterocycles. The van der Waals surface area contributed by atoms with Gasteiger partial charge in [0.15, 0.2) is 0 Å². The summed E-state index contributed by atoms with van der Waals surface area (Å²) in [5, 5.41) is 8.45. The Morgan fingerprint density at radius 1 is 0.773 bits per heavy atom. The number of para-hydroxylation sites is 2. The van der Waals surface area contributed by atoms with E-state index in [4.69, 9.17) is 0 Å². The van der Waals surface area contributed by atoms with Crippen molar-refractivity contribution < 1.29 is 28.7 Å². The van der Waals surface area contributed by atoms with Crippen LogP contribution in [-0.4, -0.2) is 38.5 Å². The lowest BCUT2D eigenvalue weighted by Crippen LogP contribution is -2.36. The Morgan fingerprint density at radius 3 is 1.45 bits per heavy atom. The van der Waals surface area contributed by atoms with Gasteiger partial charge in [0, 0.05) is 0 Å². The maximum absolute atomic E-state index is 11.5. The third-order valence-electron chi connectivity index (χ3n) is 2.23. The Kier molecular flexibility index (Phi) is 6.16. The molecule has 0 spiro atoms. The van der Waals surface area contributed by atoms with Crippen molar-refractivity contribution in [3.63, 3.8) is 0 Å². The summed E-state index contributed by atoms with van der Waals surface area (Å²) < 4.78 is 8.53. The Bertz CT molecular complexity index is 538. The van der Waals surface area contributed by atoms with Gasteiger partial charge in [0.25, 0.3) is 0 Å². The lowest BCUT2D eigenvalue weighted by Gasteiger charge is -2.12. The fourth-order valence-electron chi connectivity index (χ4n) is 1.30. The molecule has 0 aliphatic rings. The van der Waals surface area contributed by atoms with Crippen molar-refractivity contribution in [1.82, 2.24) is 10.6 Å². The van der Waals surface area contributed by atoms with Crippen molar-refractivity contribution in [2.75, 3.05) is 24.9 Å². The van der Waals surface area contributed by atoms with E-state index in [1.54, 1.807) is 12.1 Å². The number of hydrogen-bond acceptors (Lipinski definition) is 6. The van der Waals surface area contributed by atoms with E-state index in [1.807, 2.05) is 10.6 Å². The van der Waals surface area contributed by atoms with E-state index in [-0.39, 0.29) is 11.4 Å². The highest BCUT2D eigenvalue weighted by molar-refractivity contribution is 6.04. The minimum atomic E-state index is -0.939. The molecule has 22 heavy (non-hydrogen) atoms. The normalized spacial score (nSPS) is 9.18. The standard InChI is InChI=1S/C12H14N4O6/c1-21-11(19)15-9(17)13-7-5-3-4-6-8(7)14-10(18)16-12(20)22-2/h3-6H,1-2H3,(H2,13,15,17,19)(H2,14,16,18,20). The monoisotopic (exact) mass is 310 g/mol.